The van der Waals surface area contributed by atoms with Crippen molar-refractivity contribution in [2.45, 2.75) is 65.0 Å². The van der Waals surface area contributed by atoms with Gasteiger partial charge in [0.25, 0.3) is 5.91 Å². The highest BCUT2D eigenvalue weighted by Crippen LogP contribution is 2.27. The predicted octanol–water partition coefficient (Wildman–Crippen LogP) is 8.23. The Hall–Kier alpha value is -4.47. The molecule has 1 fully saturated rings. The molecule has 3 aromatic carbocycles. The molecule has 9 heteroatoms. The van der Waals surface area contributed by atoms with Crippen molar-refractivity contribution in [3.63, 3.8) is 0 Å². The topological polar surface area (TPSA) is 91.3 Å². The van der Waals surface area contributed by atoms with Crippen molar-refractivity contribution >= 4 is 45.0 Å². The lowest BCUT2D eigenvalue weighted by Gasteiger charge is -2.26. The van der Waals surface area contributed by atoms with Crippen LogP contribution < -0.4 is 16.0 Å². The molecule has 1 aliphatic rings. The summed E-state index contributed by atoms with van der Waals surface area (Å²) in [6, 6.07) is 24.1. The summed E-state index contributed by atoms with van der Waals surface area (Å²) < 4.78 is 2.23. The van der Waals surface area contributed by atoms with Gasteiger partial charge in [-0.3, -0.25) is 15.0 Å². The summed E-state index contributed by atoms with van der Waals surface area (Å²) in [6.07, 6.45) is 8.56. The molecule has 2 aromatic heterocycles. The van der Waals surface area contributed by atoms with Gasteiger partial charge in [-0.15, -0.1) is 11.3 Å². The molecule has 0 spiro atoms. The smallest absolute Gasteiger partial charge is 0.319 e. The second-order valence-corrected chi connectivity index (χ2v) is 12.9. The van der Waals surface area contributed by atoms with Crippen LogP contribution in [0.3, 0.4) is 0 Å². The van der Waals surface area contributed by atoms with Crippen LogP contribution in [-0.4, -0.2) is 45.5 Å². The number of carbonyl (C=O) groups excluding carboxylic acids is 2. The van der Waals surface area contributed by atoms with Gasteiger partial charge in [0.2, 0.25) is 0 Å². The molecule has 5 aromatic rings. The van der Waals surface area contributed by atoms with E-state index in [1.54, 1.807) is 0 Å². The molecule has 0 aliphatic carbocycles. The highest BCUT2D eigenvalue weighted by atomic mass is 32.1. The van der Waals surface area contributed by atoms with E-state index in [2.05, 4.69) is 74.7 Å². The third kappa shape index (κ3) is 7.66. The minimum absolute atomic E-state index is 0.172. The van der Waals surface area contributed by atoms with Crippen molar-refractivity contribution in [1.29, 1.82) is 0 Å². The Morgan fingerprint density at radius 3 is 2.37 bits per heavy atom. The molecule has 0 saturated carbocycles. The largest absolute Gasteiger partial charge is 0.335 e. The molecule has 0 bridgehead atoms. The van der Waals surface area contributed by atoms with Gasteiger partial charge in [0, 0.05) is 52.9 Å². The van der Waals surface area contributed by atoms with Crippen LogP contribution in [0.2, 0.25) is 0 Å². The molecule has 3 amide bonds. The monoisotopic (exact) mass is 634 g/mol. The Kier molecular flexibility index (Phi) is 10.1. The van der Waals surface area contributed by atoms with E-state index in [0.29, 0.717) is 17.1 Å². The number of thiazole rings is 1. The number of nitrogens with zero attached hydrogens (tertiary/aromatic N) is 3. The number of benzene rings is 3. The zero-order valence-electron chi connectivity index (χ0n) is 26.6. The molecule has 1 saturated heterocycles. The van der Waals surface area contributed by atoms with E-state index in [1.807, 2.05) is 53.9 Å². The predicted molar refractivity (Wildman–Crippen MR) is 188 cm³/mol. The van der Waals surface area contributed by atoms with Crippen molar-refractivity contribution < 1.29 is 9.59 Å². The fourth-order valence-corrected chi connectivity index (χ4v) is 6.80. The molecule has 8 nitrogen and oxygen atoms in total. The maximum atomic E-state index is 13.1. The third-order valence-corrected chi connectivity index (χ3v) is 9.54. The van der Waals surface area contributed by atoms with Crippen LogP contribution in [-0.2, 0) is 13.0 Å². The van der Waals surface area contributed by atoms with Crippen molar-refractivity contribution in [2.24, 2.45) is 0 Å². The van der Waals surface area contributed by atoms with Gasteiger partial charge in [0.05, 0.1) is 11.2 Å². The number of likely N-dealkylation sites (tertiary alicyclic amines) is 1. The molecule has 238 valence electrons. The first-order valence-electron chi connectivity index (χ1n) is 16.3. The number of para-hydroxylation sites is 1. The van der Waals surface area contributed by atoms with Gasteiger partial charge in [-0.2, -0.15) is 0 Å². The van der Waals surface area contributed by atoms with E-state index in [9.17, 15) is 9.59 Å². The number of amides is 3. The van der Waals surface area contributed by atoms with Crippen molar-refractivity contribution in [3.8, 4) is 5.69 Å². The number of anilines is 2. The molecule has 3 N–H and O–H groups in total. The van der Waals surface area contributed by atoms with Crippen LogP contribution in [0.1, 0.15) is 73.1 Å². The Morgan fingerprint density at radius 1 is 0.891 bits per heavy atom. The van der Waals surface area contributed by atoms with E-state index >= 15 is 0 Å². The summed E-state index contributed by atoms with van der Waals surface area (Å²) in [5.74, 6) is -0.183. The van der Waals surface area contributed by atoms with Gasteiger partial charge in [-0.25, -0.2) is 9.78 Å². The molecule has 6 rings (SSSR count). The fraction of sp³-hybridized carbons (Fsp3) is 0.324. The quantitative estimate of drug-likeness (QED) is 0.137. The molecule has 1 aliphatic heterocycles. The van der Waals surface area contributed by atoms with Gasteiger partial charge in [0.1, 0.15) is 0 Å². The average Bonchev–Trinajstić information content (AvgIpc) is 3.69. The van der Waals surface area contributed by atoms with E-state index in [-0.39, 0.29) is 18.0 Å². The van der Waals surface area contributed by atoms with Crippen LogP contribution in [0, 0.1) is 0 Å². The van der Waals surface area contributed by atoms with Gasteiger partial charge in [-0.05, 0) is 92.4 Å². The number of rotatable bonds is 11. The second kappa shape index (κ2) is 14.7. The highest BCUT2D eigenvalue weighted by Gasteiger charge is 2.16. The van der Waals surface area contributed by atoms with Crippen molar-refractivity contribution in [3.05, 3.63) is 107 Å². The molecule has 0 unspecified atom stereocenters. The SMILES string of the molecule is CCC(CC)NC(=O)Nc1ccc(Cc2csc(NC(=O)c3ccc(-n4cc(CN5CCCCC5)c5ccccc54)cc3)n2)cc1. The lowest BCUT2D eigenvalue weighted by Crippen LogP contribution is -2.37. The van der Waals surface area contributed by atoms with E-state index in [0.717, 1.165) is 55.1 Å². The van der Waals surface area contributed by atoms with Crippen molar-refractivity contribution in [1.82, 2.24) is 19.8 Å². The zero-order chi connectivity index (χ0) is 31.9. The summed E-state index contributed by atoms with van der Waals surface area (Å²) in [7, 11) is 0. The van der Waals surface area contributed by atoms with Crippen LogP contribution in [0.25, 0.3) is 16.6 Å². The van der Waals surface area contributed by atoms with Crippen LogP contribution >= 0.6 is 11.3 Å². The molecular formula is C37H42N6O2S. The molecule has 3 heterocycles. The minimum atomic E-state index is -0.188. The standard InChI is InChI=1S/C37H42N6O2S/c1-3-29(4-2)38-36(45)39-30-16-12-26(13-17-30)22-31-25-46-37(40-31)41-35(44)27-14-18-32(19-15-27)43-24-28(23-42-20-8-5-9-21-42)33-10-6-7-11-34(33)43/h6-7,10-19,24-25,29H,3-5,8-9,20-23H2,1-2H3,(H2,38,39,45)(H,40,41,44). The second-order valence-electron chi connectivity index (χ2n) is 12.0. The first-order chi connectivity index (χ1) is 22.5. The average molecular weight is 635 g/mol. The number of hydrogen-bond acceptors (Lipinski definition) is 5. The maximum Gasteiger partial charge on any atom is 0.319 e. The highest BCUT2D eigenvalue weighted by molar-refractivity contribution is 7.14. The fourth-order valence-electron chi connectivity index (χ4n) is 6.10. The van der Waals surface area contributed by atoms with Gasteiger partial charge < -0.3 is 15.2 Å². The Bertz CT molecular complexity index is 1770. The number of nitrogens with one attached hydrogen (secondary N) is 3. The lowest BCUT2D eigenvalue weighted by molar-refractivity contribution is 0.102. The molecule has 0 radical (unpaired) electrons. The third-order valence-electron chi connectivity index (χ3n) is 8.73. The molecular weight excluding hydrogens is 593 g/mol. The van der Waals surface area contributed by atoms with E-state index < -0.39 is 0 Å². The molecule has 0 atom stereocenters. The van der Waals surface area contributed by atoms with Crippen molar-refractivity contribution in [2.75, 3.05) is 23.7 Å². The van der Waals surface area contributed by atoms with E-state index in [4.69, 9.17) is 0 Å². The Morgan fingerprint density at radius 2 is 1.63 bits per heavy atom. The minimum Gasteiger partial charge on any atom is -0.335 e. The summed E-state index contributed by atoms with van der Waals surface area (Å²) >= 11 is 1.42. The number of aromatic nitrogens is 2. The zero-order valence-corrected chi connectivity index (χ0v) is 27.4. The maximum absolute atomic E-state index is 13.1. The number of carbonyl (C=O) groups is 2. The number of piperidine rings is 1. The van der Waals surface area contributed by atoms with Gasteiger partial charge in [0.15, 0.2) is 5.13 Å². The van der Waals surface area contributed by atoms with Gasteiger partial charge >= 0.3 is 6.03 Å². The number of fused-ring (bicyclic) bond motifs is 1. The van der Waals surface area contributed by atoms with Crippen LogP contribution in [0.5, 0.6) is 0 Å². The summed E-state index contributed by atoms with van der Waals surface area (Å²) in [4.78, 5) is 32.5. The Labute approximate surface area is 274 Å². The van der Waals surface area contributed by atoms with E-state index in [1.165, 1.54) is 47.1 Å². The lowest BCUT2D eigenvalue weighted by atomic mass is 10.1. The van der Waals surface area contributed by atoms with Gasteiger partial charge in [-0.1, -0.05) is 50.6 Å². The summed E-state index contributed by atoms with van der Waals surface area (Å²) in [6.45, 7) is 7.41. The summed E-state index contributed by atoms with van der Waals surface area (Å²) in [5, 5.41) is 12.7. The normalized spacial score (nSPS) is 13.6. The van der Waals surface area contributed by atoms with Crippen LogP contribution in [0.4, 0.5) is 15.6 Å². The summed E-state index contributed by atoms with van der Waals surface area (Å²) in [5.41, 5.74) is 6.82. The number of hydrogen-bond donors (Lipinski definition) is 3. The number of urea groups is 1. The first-order valence-corrected chi connectivity index (χ1v) is 17.2. The van der Waals surface area contributed by atoms with Crippen LogP contribution in [0.15, 0.2) is 84.4 Å². The Balaban J connectivity index is 1.06. The molecule has 46 heavy (non-hydrogen) atoms. The first kappa shape index (κ1) is 31.5.